The van der Waals surface area contributed by atoms with Gasteiger partial charge in [0.15, 0.2) is 0 Å². The highest BCUT2D eigenvalue weighted by atomic mass is 16.3. The van der Waals surface area contributed by atoms with Crippen molar-refractivity contribution in [2.75, 3.05) is 0 Å². The fourth-order valence-corrected chi connectivity index (χ4v) is 0.989. The van der Waals surface area contributed by atoms with Crippen molar-refractivity contribution in [1.82, 2.24) is 15.0 Å². The Kier molecular flexibility index (Phi) is 2.19. The molecule has 0 fully saturated rings. The number of aryl methyl sites for hydroxylation is 1. The molecule has 68 valence electrons. The summed E-state index contributed by atoms with van der Waals surface area (Å²) in [5, 5.41) is 17.3. The van der Waals surface area contributed by atoms with Crippen molar-refractivity contribution in [2.24, 2.45) is 12.5 Å². The number of aliphatic hydroxyl groups excluding tert-OH is 1. The number of nitrogens with zero attached hydrogens (tertiary/aromatic N) is 3. The first-order chi connectivity index (χ1) is 5.43. The minimum Gasteiger partial charge on any atom is -0.386 e. The third-order valence-electron chi connectivity index (χ3n) is 1.85. The maximum atomic E-state index is 9.83. The van der Waals surface area contributed by atoms with Crippen LogP contribution in [-0.4, -0.2) is 20.1 Å². The van der Waals surface area contributed by atoms with E-state index in [4.69, 9.17) is 0 Å². The smallest absolute Gasteiger partial charge is 0.102 e. The molecular formula is C8H15N3O. The second-order valence-corrected chi connectivity index (χ2v) is 4.05. The van der Waals surface area contributed by atoms with Crippen LogP contribution in [0.3, 0.4) is 0 Å². The summed E-state index contributed by atoms with van der Waals surface area (Å²) in [6.07, 6.45) is 1.08. The van der Waals surface area contributed by atoms with E-state index >= 15 is 0 Å². The highest BCUT2D eigenvalue weighted by molar-refractivity contribution is 5.02. The molecule has 12 heavy (non-hydrogen) atoms. The maximum Gasteiger partial charge on any atom is 0.102 e. The van der Waals surface area contributed by atoms with E-state index in [9.17, 15) is 5.11 Å². The van der Waals surface area contributed by atoms with Gasteiger partial charge in [-0.15, -0.1) is 5.10 Å². The van der Waals surface area contributed by atoms with E-state index in [1.165, 1.54) is 0 Å². The summed E-state index contributed by atoms with van der Waals surface area (Å²) in [4.78, 5) is 0. The Hall–Kier alpha value is -0.900. The van der Waals surface area contributed by atoms with Crippen LogP contribution in [0.2, 0.25) is 0 Å². The Morgan fingerprint density at radius 1 is 1.50 bits per heavy atom. The molecule has 1 unspecified atom stereocenters. The van der Waals surface area contributed by atoms with Gasteiger partial charge in [-0.25, -0.2) is 4.68 Å². The van der Waals surface area contributed by atoms with Gasteiger partial charge in [-0.1, -0.05) is 26.0 Å². The van der Waals surface area contributed by atoms with Crippen molar-refractivity contribution in [3.63, 3.8) is 0 Å². The quantitative estimate of drug-likeness (QED) is 0.679. The van der Waals surface area contributed by atoms with Crippen LogP contribution in [0.15, 0.2) is 6.20 Å². The van der Waals surface area contributed by atoms with Gasteiger partial charge >= 0.3 is 0 Å². The lowest BCUT2D eigenvalue weighted by Gasteiger charge is -2.25. The molecule has 0 amide bonds. The maximum absolute atomic E-state index is 9.83. The van der Waals surface area contributed by atoms with E-state index in [0.29, 0.717) is 0 Å². The summed E-state index contributed by atoms with van der Waals surface area (Å²) >= 11 is 0. The molecule has 1 rings (SSSR count). The zero-order valence-electron chi connectivity index (χ0n) is 7.94. The molecule has 1 N–H and O–H groups in total. The molecule has 0 aliphatic carbocycles. The molecule has 1 aromatic heterocycles. The largest absolute Gasteiger partial charge is 0.386 e. The van der Waals surface area contributed by atoms with Crippen LogP contribution in [0.1, 0.15) is 32.6 Å². The Morgan fingerprint density at radius 2 is 2.08 bits per heavy atom. The van der Waals surface area contributed by atoms with Crippen molar-refractivity contribution in [3.05, 3.63) is 11.9 Å². The highest BCUT2D eigenvalue weighted by Crippen LogP contribution is 2.31. The molecule has 0 aliphatic rings. The lowest BCUT2D eigenvalue weighted by molar-refractivity contribution is 0.0555. The molecule has 0 bridgehead atoms. The van der Waals surface area contributed by atoms with Crippen molar-refractivity contribution in [3.8, 4) is 0 Å². The van der Waals surface area contributed by atoms with Gasteiger partial charge in [-0.2, -0.15) is 0 Å². The number of hydrogen-bond donors (Lipinski definition) is 1. The van der Waals surface area contributed by atoms with Crippen LogP contribution in [0.4, 0.5) is 0 Å². The predicted molar refractivity (Wildman–Crippen MR) is 45.4 cm³/mol. The van der Waals surface area contributed by atoms with Gasteiger partial charge in [-0.3, -0.25) is 0 Å². The van der Waals surface area contributed by atoms with Gasteiger partial charge in [0.1, 0.15) is 6.10 Å². The summed E-state index contributed by atoms with van der Waals surface area (Å²) < 4.78 is 1.59. The number of rotatable bonds is 1. The normalized spacial score (nSPS) is 14.8. The lowest BCUT2D eigenvalue weighted by Crippen LogP contribution is -2.20. The molecule has 0 aromatic carbocycles. The topological polar surface area (TPSA) is 50.9 Å². The second kappa shape index (κ2) is 2.86. The van der Waals surface area contributed by atoms with Gasteiger partial charge in [-0.05, 0) is 5.41 Å². The molecule has 4 nitrogen and oxygen atoms in total. The van der Waals surface area contributed by atoms with Gasteiger partial charge < -0.3 is 5.11 Å². The van der Waals surface area contributed by atoms with Crippen molar-refractivity contribution in [2.45, 2.75) is 26.9 Å². The third kappa shape index (κ3) is 1.64. The predicted octanol–water partition coefficient (Wildman–Crippen LogP) is 0.895. The molecule has 0 saturated heterocycles. The Labute approximate surface area is 72.2 Å². The zero-order chi connectivity index (χ0) is 9.35. The van der Waals surface area contributed by atoms with Gasteiger partial charge in [0, 0.05) is 7.05 Å². The van der Waals surface area contributed by atoms with E-state index in [1.54, 1.807) is 17.9 Å². The molecule has 0 saturated carbocycles. The summed E-state index contributed by atoms with van der Waals surface area (Å²) in [6.45, 7) is 5.93. The molecule has 1 aromatic rings. The van der Waals surface area contributed by atoms with Crippen LogP contribution >= 0.6 is 0 Å². The van der Waals surface area contributed by atoms with Crippen molar-refractivity contribution in [1.29, 1.82) is 0 Å². The lowest BCUT2D eigenvalue weighted by atomic mass is 9.87. The first-order valence-electron chi connectivity index (χ1n) is 3.95. The van der Waals surface area contributed by atoms with Crippen molar-refractivity contribution >= 4 is 0 Å². The SMILES string of the molecule is Cn1nncc1C(O)C(C)(C)C. The van der Waals surface area contributed by atoms with Gasteiger partial charge in [0.05, 0.1) is 11.9 Å². The fourth-order valence-electron chi connectivity index (χ4n) is 0.989. The first kappa shape index (κ1) is 9.19. The highest BCUT2D eigenvalue weighted by Gasteiger charge is 2.26. The molecule has 1 atom stereocenters. The van der Waals surface area contributed by atoms with E-state index in [0.717, 1.165) is 5.69 Å². The minimum atomic E-state index is -0.516. The van der Waals surface area contributed by atoms with E-state index in [-0.39, 0.29) is 5.41 Å². The first-order valence-corrected chi connectivity index (χ1v) is 3.95. The van der Waals surface area contributed by atoms with Crippen LogP contribution in [0.5, 0.6) is 0 Å². The fraction of sp³-hybridized carbons (Fsp3) is 0.750. The molecule has 1 heterocycles. The summed E-state index contributed by atoms with van der Waals surface area (Å²) in [5.41, 5.74) is 0.581. The number of hydrogen-bond acceptors (Lipinski definition) is 3. The van der Waals surface area contributed by atoms with Crippen LogP contribution in [0, 0.1) is 5.41 Å². The average molecular weight is 169 g/mol. The molecule has 0 radical (unpaired) electrons. The summed E-state index contributed by atoms with van der Waals surface area (Å²) in [6, 6.07) is 0. The monoisotopic (exact) mass is 169 g/mol. The van der Waals surface area contributed by atoms with Gasteiger partial charge in [0.25, 0.3) is 0 Å². The van der Waals surface area contributed by atoms with E-state index < -0.39 is 6.10 Å². The van der Waals surface area contributed by atoms with Gasteiger partial charge in [0.2, 0.25) is 0 Å². The standard InChI is InChI=1S/C8H15N3O/c1-8(2,3)7(12)6-5-9-10-11(6)4/h5,7,12H,1-4H3. The third-order valence-corrected chi connectivity index (χ3v) is 1.85. The zero-order valence-corrected chi connectivity index (χ0v) is 7.94. The summed E-state index contributed by atoms with van der Waals surface area (Å²) in [5.74, 6) is 0. The summed E-state index contributed by atoms with van der Waals surface area (Å²) in [7, 11) is 1.78. The average Bonchev–Trinajstić information content (AvgIpc) is 2.31. The van der Waals surface area contributed by atoms with E-state index in [2.05, 4.69) is 10.3 Å². The van der Waals surface area contributed by atoms with Crippen LogP contribution in [-0.2, 0) is 7.05 Å². The second-order valence-electron chi connectivity index (χ2n) is 4.05. The Morgan fingerprint density at radius 3 is 2.42 bits per heavy atom. The van der Waals surface area contributed by atoms with Crippen LogP contribution < -0.4 is 0 Å². The number of aliphatic hydroxyl groups is 1. The minimum absolute atomic E-state index is 0.171. The molecule has 4 heteroatoms. The molecular weight excluding hydrogens is 154 g/mol. The van der Waals surface area contributed by atoms with Crippen molar-refractivity contribution < 1.29 is 5.11 Å². The number of aromatic nitrogens is 3. The Bertz CT molecular complexity index is 262. The molecule has 0 aliphatic heterocycles. The van der Waals surface area contributed by atoms with E-state index in [1.807, 2.05) is 20.8 Å². The molecule has 0 spiro atoms. The van der Waals surface area contributed by atoms with Crippen LogP contribution in [0.25, 0.3) is 0 Å². The Balaban J connectivity index is 2.92.